The molecule has 2 atom stereocenters. The van der Waals surface area contributed by atoms with Gasteiger partial charge < -0.3 is 9.47 Å². The number of aliphatic imine (C=N–C) groups is 2. The normalized spacial score (nSPS) is 19.0. The molecule has 0 amide bonds. The molecule has 0 saturated carbocycles. The third-order valence-corrected chi connectivity index (χ3v) is 3.87. The third-order valence-electron chi connectivity index (χ3n) is 3.87. The largest absolute Gasteiger partial charge is 0.467 e. The molecule has 136 valence electrons. The molecule has 0 aliphatic carbocycles. The average Bonchev–Trinajstić information content (AvgIpc) is 2.66. The number of carbonyl (C=O) groups is 1. The maximum absolute atomic E-state index is 12.6. The highest BCUT2D eigenvalue weighted by molar-refractivity contribution is 6.08. The SMILES string of the molecule is CCC1=NC(OC)=NC(c2ccc([N+](=O)[O-])cc2)C1C(=O)OCCC#N. The van der Waals surface area contributed by atoms with E-state index < -0.39 is 22.9 Å². The Balaban J connectivity index is 2.38. The number of nitriles is 1. The van der Waals surface area contributed by atoms with E-state index in [-0.39, 0.29) is 24.7 Å². The summed E-state index contributed by atoms with van der Waals surface area (Å²) in [6.07, 6.45) is 0.565. The number of carbonyl (C=O) groups excluding carboxylic acids is 1. The van der Waals surface area contributed by atoms with Crippen molar-refractivity contribution in [3.63, 3.8) is 0 Å². The first-order valence-corrected chi connectivity index (χ1v) is 7.99. The van der Waals surface area contributed by atoms with E-state index in [4.69, 9.17) is 14.7 Å². The number of rotatable bonds is 6. The second kappa shape index (κ2) is 8.71. The van der Waals surface area contributed by atoms with Crippen molar-refractivity contribution in [2.75, 3.05) is 13.7 Å². The molecule has 1 aromatic carbocycles. The number of non-ortho nitro benzene ring substituents is 1. The van der Waals surface area contributed by atoms with Gasteiger partial charge in [0.05, 0.1) is 30.6 Å². The van der Waals surface area contributed by atoms with Gasteiger partial charge in [-0.2, -0.15) is 5.26 Å². The smallest absolute Gasteiger partial charge is 0.317 e. The van der Waals surface area contributed by atoms with Crippen LogP contribution in [0.5, 0.6) is 0 Å². The highest BCUT2D eigenvalue weighted by Gasteiger charge is 2.38. The third kappa shape index (κ3) is 4.22. The number of nitro groups is 1. The summed E-state index contributed by atoms with van der Waals surface area (Å²) >= 11 is 0. The summed E-state index contributed by atoms with van der Waals surface area (Å²) in [5.74, 6) is -1.32. The van der Waals surface area contributed by atoms with Crippen LogP contribution in [0.1, 0.15) is 31.4 Å². The zero-order valence-corrected chi connectivity index (χ0v) is 14.4. The van der Waals surface area contributed by atoms with Gasteiger partial charge in [0.1, 0.15) is 12.5 Å². The van der Waals surface area contributed by atoms with Gasteiger partial charge in [-0.15, -0.1) is 0 Å². The van der Waals surface area contributed by atoms with Crippen LogP contribution in [-0.2, 0) is 14.3 Å². The molecule has 1 aromatic rings. The van der Waals surface area contributed by atoms with Gasteiger partial charge in [0.2, 0.25) is 0 Å². The molecule has 0 bridgehead atoms. The van der Waals surface area contributed by atoms with E-state index in [0.29, 0.717) is 17.7 Å². The molecule has 9 heteroatoms. The van der Waals surface area contributed by atoms with Crippen LogP contribution in [0.3, 0.4) is 0 Å². The van der Waals surface area contributed by atoms with Crippen molar-refractivity contribution in [3.8, 4) is 6.07 Å². The van der Waals surface area contributed by atoms with E-state index in [2.05, 4.69) is 9.98 Å². The molecule has 9 nitrogen and oxygen atoms in total. The van der Waals surface area contributed by atoms with Crippen molar-refractivity contribution in [2.24, 2.45) is 15.9 Å². The molecule has 26 heavy (non-hydrogen) atoms. The zero-order valence-electron chi connectivity index (χ0n) is 14.4. The summed E-state index contributed by atoms with van der Waals surface area (Å²) in [7, 11) is 1.42. The zero-order chi connectivity index (χ0) is 19.1. The number of amidine groups is 1. The number of methoxy groups -OCH3 is 1. The number of nitro benzene ring substituents is 1. The monoisotopic (exact) mass is 358 g/mol. The van der Waals surface area contributed by atoms with Crippen molar-refractivity contribution in [3.05, 3.63) is 39.9 Å². The Bertz CT molecular complexity index is 779. The topological polar surface area (TPSA) is 127 Å². The molecule has 1 aliphatic heterocycles. The molecule has 0 spiro atoms. The number of benzene rings is 1. The molecule has 2 rings (SSSR count). The van der Waals surface area contributed by atoms with Crippen LogP contribution in [-0.4, -0.2) is 36.3 Å². The number of ether oxygens (including phenoxy) is 2. The van der Waals surface area contributed by atoms with Crippen LogP contribution in [0.15, 0.2) is 34.3 Å². The lowest BCUT2D eigenvalue weighted by Gasteiger charge is -2.27. The Hall–Kier alpha value is -3.28. The van der Waals surface area contributed by atoms with Crippen molar-refractivity contribution in [2.45, 2.75) is 25.8 Å². The second-order valence-electron chi connectivity index (χ2n) is 5.42. The van der Waals surface area contributed by atoms with E-state index in [9.17, 15) is 14.9 Å². The van der Waals surface area contributed by atoms with E-state index in [0.717, 1.165) is 0 Å². The summed E-state index contributed by atoms with van der Waals surface area (Å²) in [6, 6.07) is 7.17. The molecular formula is C17H18N4O5. The minimum Gasteiger partial charge on any atom is -0.467 e. The number of hydrogen-bond acceptors (Lipinski definition) is 8. The van der Waals surface area contributed by atoms with Gasteiger partial charge in [0, 0.05) is 17.8 Å². The van der Waals surface area contributed by atoms with Crippen LogP contribution < -0.4 is 0 Å². The predicted octanol–water partition coefficient (Wildman–Crippen LogP) is 2.58. The van der Waals surface area contributed by atoms with Gasteiger partial charge in [-0.05, 0) is 12.0 Å². The van der Waals surface area contributed by atoms with E-state index in [1.54, 1.807) is 12.1 Å². The Morgan fingerprint density at radius 2 is 2.08 bits per heavy atom. The lowest BCUT2D eigenvalue weighted by Crippen LogP contribution is -2.35. The first-order valence-electron chi connectivity index (χ1n) is 7.99. The van der Waals surface area contributed by atoms with Gasteiger partial charge in [0.25, 0.3) is 5.69 Å². The maximum Gasteiger partial charge on any atom is 0.317 e. The highest BCUT2D eigenvalue weighted by atomic mass is 16.6. The van der Waals surface area contributed by atoms with Crippen molar-refractivity contribution >= 4 is 23.4 Å². The predicted molar refractivity (Wildman–Crippen MR) is 92.7 cm³/mol. The molecule has 0 radical (unpaired) electrons. The van der Waals surface area contributed by atoms with E-state index in [1.165, 1.54) is 19.2 Å². The lowest BCUT2D eigenvalue weighted by atomic mass is 9.87. The molecule has 1 aliphatic rings. The number of hydrogen-bond donors (Lipinski definition) is 0. The van der Waals surface area contributed by atoms with Crippen molar-refractivity contribution < 1.29 is 19.2 Å². The molecular weight excluding hydrogens is 340 g/mol. The summed E-state index contributed by atoms with van der Waals surface area (Å²) < 4.78 is 10.3. The summed E-state index contributed by atoms with van der Waals surface area (Å²) in [4.78, 5) is 31.5. The van der Waals surface area contributed by atoms with Crippen LogP contribution >= 0.6 is 0 Å². The first kappa shape index (κ1) is 19.1. The average molecular weight is 358 g/mol. The molecule has 0 N–H and O–H groups in total. The molecule has 2 unspecified atom stereocenters. The summed E-state index contributed by atoms with van der Waals surface area (Å²) in [5.41, 5.74) is 1.09. The Kier molecular flexibility index (Phi) is 6.38. The second-order valence-corrected chi connectivity index (χ2v) is 5.42. The van der Waals surface area contributed by atoms with Crippen LogP contribution in [0.4, 0.5) is 5.69 Å². The number of nitrogens with zero attached hydrogens (tertiary/aromatic N) is 4. The summed E-state index contributed by atoms with van der Waals surface area (Å²) in [5, 5.41) is 19.4. The quantitative estimate of drug-likeness (QED) is 0.333. The Labute approximate surface area is 150 Å². The Morgan fingerprint density at radius 1 is 1.38 bits per heavy atom. The molecule has 0 saturated heterocycles. The van der Waals surface area contributed by atoms with E-state index in [1.807, 2.05) is 13.0 Å². The van der Waals surface area contributed by atoms with Gasteiger partial charge >= 0.3 is 12.0 Å². The van der Waals surface area contributed by atoms with Gasteiger partial charge in [-0.3, -0.25) is 14.9 Å². The van der Waals surface area contributed by atoms with E-state index >= 15 is 0 Å². The number of esters is 1. The van der Waals surface area contributed by atoms with Crippen molar-refractivity contribution in [1.82, 2.24) is 0 Å². The van der Waals surface area contributed by atoms with Crippen molar-refractivity contribution in [1.29, 1.82) is 5.26 Å². The first-order chi connectivity index (χ1) is 12.5. The van der Waals surface area contributed by atoms with Gasteiger partial charge in [-0.25, -0.2) is 9.98 Å². The van der Waals surface area contributed by atoms with Crippen LogP contribution in [0.2, 0.25) is 0 Å². The fraction of sp³-hybridized carbons (Fsp3) is 0.412. The van der Waals surface area contributed by atoms with Gasteiger partial charge in [0.15, 0.2) is 0 Å². The fourth-order valence-corrected chi connectivity index (χ4v) is 2.61. The maximum atomic E-state index is 12.6. The minimum absolute atomic E-state index is 0.0172. The van der Waals surface area contributed by atoms with Gasteiger partial charge in [-0.1, -0.05) is 19.1 Å². The van der Waals surface area contributed by atoms with Crippen LogP contribution in [0.25, 0.3) is 0 Å². The van der Waals surface area contributed by atoms with Crippen LogP contribution in [0, 0.1) is 27.4 Å². The molecule has 0 aromatic heterocycles. The Morgan fingerprint density at radius 3 is 2.62 bits per heavy atom. The lowest BCUT2D eigenvalue weighted by molar-refractivity contribution is -0.384. The standard InChI is InChI=1S/C17H18N4O5/c1-3-13-14(16(22)26-10-4-9-18)15(20-17(19-13)25-2)11-5-7-12(8-6-11)21(23)24/h5-8,14-15H,3-4,10H2,1-2H3. The highest BCUT2D eigenvalue weighted by Crippen LogP contribution is 2.33. The molecule has 0 fully saturated rings. The minimum atomic E-state index is -0.779. The fourth-order valence-electron chi connectivity index (χ4n) is 2.61. The summed E-state index contributed by atoms with van der Waals surface area (Å²) in [6.45, 7) is 1.83. The molecule has 1 heterocycles.